The molecule has 3 heterocycles. The van der Waals surface area contributed by atoms with Crippen molar-refractivity contribution in [1.82, 2.24) is 10.1 Å². The second-order valence-electron chi connectivity index (χ2n) is 5.39. The summed E-state index contributed by atoms with van der Waals surface area (Å²) in [6.07, 6.45) is 3.02. The molecule has 0 bridgehead atoms. The Bertz CT molecular complexity index is 617. The van der Waals surface area contributed by atoms with Gasteiger partial charge >= 0.3 is 0 Å². The fourth-order valence-electron chi connectivity index (χ4n) is 2.91. The van der Waals surface area contributed by atoms with E-state index in [1.807, 2.05) is 6.07 Å². The number of aromatic nitrogens is 2. The van der Waals surface area contributed by atoms with Crippen LogP contribution in [0.1, 0.15) is 30.1 Å². The Kier molecular flexibility index (Phi) is 2.92. The van der Waals surface area contributed by atoms with Crippen molar-refractivity contribution in [3.05, 3.63) is 29.6 Å². The standard InChI is InChI=1S/C15H17N3O2/c1-2-13-11(3-6-16-13)9-12(1)15-17-14(18-20-15)10-4-7-19-8-5-10/h1-2,9-10,16H,3-8H2. The van der Waals surface area contributed by atoms with E-state index in [0.29, 0.717) is 11.8 Å². The van der Waals surface area contributed by atoms with Gasteiger partial charge in [0.25, 0.3) is 5.89 Å². The van der Waals surface area contributed by atoms with Crippen molar-refractivity contribution < 1.29 is 9.26 Å². The molecular formula is C15H17N3O2. The van der Waals surface area contributed by atoms with E-state index in [4.69, 9.17) is 9.26 Å². The Morgan fingerprint density at radius 3 is 3.00 bits per heavy atom. The maximum atomic E-state index is 5.44. The average molecular weight is 271 g/mol. The van der Waals surface area contributed by atoms with Gasteiger partial charge in [0.05, 0.1) is 0 Å². The number of hydrogen-bond donors (Lipinski definition) is 1. The van der Waals surface area contributed by atoms with Gasteiger partial charge in [-0.05, 0) is 43.0 Å². The monoisotopic (exact) mass is 271 g/mol. The Balaban J connectivity index is 1.61. The van der Waals surface area contributed by atoms with Crippen molar-refractivity contribution >= 4 is 5.69 Å². The van der Waals surface area contributed by atoms with Gasteiger partial charge in [-0.3, -0.25) is 0 Å². The largest absolute Gasteiger partial charge is 0.384 e. The molecule has 0 unspecified atom stereocenters. The van der Waals surface area contributed by atoms with Crippen LogP contribution in [-0.4, -0.2) is 29.9 Å². The Hall–Kier alpha value is -1.88. The van der Waals surface area contributed by atoms with Crippen molar-refractivity contribution in [3.63, 3.8) is 0 Å². The third-order valence-electron chi connectivity index (χ3n) is 4.09. The molecule has 20 heavy (non-hydrogen) atoms. The molecule has 0 radical (unpaired) electrons. The van der Waals surface area contributed by atoms with Crippen molar-refractivity contribution in [2.45, 2.75) is 25.2 Å². The maximum absolute atomic E-state index is 5.44. The first kappa shape index (κ1) is 11.9. The van der Waals surface area contributed by atoms with E-state index in [0.717, 1.165) is 50.4 Å². The third kappa shape index (κ3) is 2.08. The molecule has 5 heteroatoms. The first-order valence-corrected chi connectivity index (χ1v) is 7.19. The minimum absolute atomic E-state index is 0.373. The summed E-state index contributed by atoms with van der Waals surface area (Å²) in [6, 6.07) is 6.28. The van der Waals surface area contributed by atoms with E-state index in [1.165, 1.54) is 11.3 Å². The van der Waals surface area contributed by atoms with E-state index in [1.54, 1.807) is 0 Å². The van der Waals surface area contributed by atoms with Crippen LogP contribution in [-0.2, 0) is 11.2 Å². The summed E-state index contributed by atoms with van der Waals surface area (Å²) in [7, 11) is 0. The summed E-state index contributed by atoms with van der Waals surface area (Å²) >= 11 is 0. The van der Waals surface area contributed by atoms with Gasteiger partial charge in [0.15, 0.2) is 5.82 Å². The average Bonchev–Trinajstić information content (AvgIpc) is 3.16. The lowest BCUT2D eigenvalue weighted by Gasteiger charge is -2.18. The van der Waals surface area contributed by atoms with E-state index >= 15 is 0 Å². The van der Waals surface area contributed by atoms with Gasteiger partial charge in [-0.2, -0.15) is 4.98 Å². The van der Waals surface area contributed by atoms with Gasteiger partial charge in [0, 0.05) is 36.9 Å². The molecule has 1 N–H and O–H groups in total. The van der Waals surface area contributed by atoms with E-state index in [-0.39, 0.29) is 0 Å². The molecule has 5 nitrogen and oxygen atoms in total. The molecule has 2 aliphatic rings. The van der Waals surface area contributed by atoms with Crippen LogP contribution in [0.25, 0.3) is 11.5 Å². The van der Waals surface area contributed by atoms with Crippen LogP contribution in [0.2, 0.25) is 0 Å². The Morgan fingerprint density at radius 2 is 2.10 bits per heavy atom. The molecule has 1 fully saturated rings. The van der Waals surface area contributed by atoms with Gasteiger partial charge in [0.1, 0.15) is 0 Å². The highest BCUT2D eigenvalue weighted by Gasteiger charge is 2.22. The number of ether oxygens (including phenoxy) is 1. The lowest BCUT2D eigenvalue weighted by atomic mass is 10.00. The molecule has 2 aliphatic heterocycles. The topological polar surface area (TPSA) is 60.2 Å². The molecule has 0 spiro atoms. The van der Waals surface area contributed by atoms with Crippen LogP contribution in [0.3, 0.4) is 0 Å². The second-order valence-corrected chi connectivity index (χ2v) is 5.39. The normalized spacial score (nSPS) is 18.8. The molecule has 2 aromatic rings. The predicted molar refractivity (Wildman–Crippen MR) is 74.7 cm³/mol. The zero-order chi connectivity index (χ0) is 13.4. The summed E-state index contributed by atoms with van der Waals surface area (Å²) in [4.78, 5) is 4.58. The molecule has 104 valence electrons. The number of fused-ring (bicyclic) bond motifs is 1. The molecule has 1 saturated heterocycles. The molecule has 0 saturated carbocycles. The molecule has 0 aliphatic carbocycles. The number of benzene rings is 1. The van der Waals surface area contributed by atoms with Crippen LogP contribution in [0.5, 0.6) is 0 Å². The Morgan fingerprint density at radius 1 is 1.20 bits per heavy atom. The summed E-state index contributed by atoms with van der Waals surface area (Å²) in [6.45, 7) is 2.59. The molecule has 4 rings (SSSR count). The van der Waals surface area contributed by atoms with Crippen molar-refractivity contribution in [1.29, 1.82) is 0 Å². The number of anilines is 1. The van der Waals surface area contributed by atoms with Gasteiger partial charge in [-0.25, -0.2) is 0 Å². The van der Waals surface area contributed by atoms with Gasteiger partial charge in [0.2, 0.25) is 0 Å². The lowest BCUT2D eigenvalue weighted by Crippen LogP contribution is -2.15. The van der Waals surface area contributed by atoms with Crippen molar-refractivity contribution in [2.75, 3.05) is 25.1 Å². The number of nitrogens with one attached hydrogen (secondary N) is 1. The molecule has 1 aromatic carbocycles. The van der Waals surface area contributed by atoms with Gasteiger partial charge in [-0.1, -0.05) is 5.16 Å². The maximum Gasteiger partial charge on any atom is 0.257 e. The van der Waals surface area contributed by atoms with Gasteiger partial charge in [-0.15, -0.1) is 0 Å². The lowest BCUT2D eigenvalue weighted by molar-refractivity contribution is 0.0830. The first-order valence-electron chi connectivity index (χ1n) is 7.19. The van der Waals surface area contributed by atoms with Crippen LogP contribution in [0.15, 0.2) is 22.7 Å². The smallest absolute Gasteiger partial charge is 0.257 e. The highest BCUT2D eigenvalue weighted by molar-refractivity contribution is 5.64. The molecule has 1 aromatic heterocycles. The van der Waals surface area contributed by atoms with E-state index in [9.17, 15) is 0 Å². The first-order chi connectivity index (χ1) is 9.90. The highest BCUT2D eigenvalue weighted by atomic mass is 16.5. The van der Waals surface area contributed by atoms with Crippen molar-refractivity contribution in [2.24, 2.45) is 0 Å². The number of rotatable bonds is 2. The highest BCUT2D eigenvalue weighted by Crippen LogP contribution is 2.30. The molecular weight excluding hydrogens is 254 g/mol. The minimum atomic E-state index is 0.373. The second kappa shape index (κ2) is 4.90. The van der Waals surface area contributed by atoms with E-state index in [2.05, 4.69) is 27.6 Å². The number of hydrogen-bond acceptors (Lipinski definition) is 5. The third-order valence-corrected chi connectivity index (χ3v) is 4.09. The predicted octanol–water partition coefficient (Wildman–Crippen LogP) is 2.60. The summed E-state index contributed by atoms with van der Waals surface area (Å²) < 4.78 is 10.8. The molecule has 0 atom stereocenters. The van der Waals surface area contributed by atoms with Crippen LogP contribution in [0, 0.1) is 0 Å². The van der Waals surface area contributed by atoms with Crippen molar-refractivity contribution in [3.8, 4) is 11.5 Å². The fourth-order valence-corrected chi connectivity index (χ4v) is 2.91. The summed E-state index contributed by atoms with van der Waals surface area (Å²) in [5.74, 6) is 1.82. The fraction of sp³-hybridized carbons (Fsp3) is 0.467. The zero-order valence-corrected chi connectivity index (χ0v) is 11.3. The van der Waals surface area contributed by atoms with Crippen LogP contribution in [0.4, 0.5) is 5.69 Å². The minimum Gasteiger partial charge on any atom is -0.384 e. The Labute approximate surface area is 117 Å². The summed E-state index contributed by atoms with van der Waals surface area (Å²) in [5, 5.41) is 7.51. The van der Waals surface area contributed by atoms with E-state index < -0.39 is 0 Å². The van der Waals surface area contributed by atoms with Crippen LogP contribution < -0.4 is 5.32 Å². The SMILES string of the molecule is c1cc2c(cc1-c1nc(C3CCOCC3)no1)CCN2. The zero-order valence-electron chi connectivity index (χ0n) is 11.3. The summed E-state index contributed by atoms with van der Waals surface area (Å²) in [5.41, 5.74) is 3.56. The quantitative estimate of drug-likeness (QED) is 0.909. The number of nitrogens with zero attached hydrogens (tertiary/aromatic N) is 2. The molecule has 0 amide bonds. The van der Waals surface area contributed by atoms with Crippen LogP contribution >= 0.6 is 0 Å². The van der Waals surface area contributed by atoms with Gasteiger partial charge < -0.3 is 14.6 Å².